The largest absolute Gasteiger partial charge is 0.256 e. The second-order valence-electron chi connectivity index (χ2n) is 6.08. The van der Waals surface area contributed by atoms with Gasteiger partial charge in [-0.3, -0.25) is 4.98 Å². The number of benzene rings is 2. The average molecular weight is 311 g/mol. The van der Waals surface area contributed by atoms with Gasteiger partial charge in [-0.05, 0) is 42.8 Å². The van der Waals surface area contributed by atoms with Gasteiger partial charge in [-0.1, -0.05) is 30.3 Å². The summed E-state index contributed by atoms with van der Waals surface area (Å²) in [5, 5.41) is 1.23. The number of pyridine rings is 2. The molecule has 4 rings (SSSR count). The molecule has 0 unspecified atom stereocenters. The number of nitrogens with zero attached hydrogens (tertiary/aromatic N) is 2. The van der Waals surface area contributed by atoms with E-state index in [1.807, 2.05) is 24.4 Å². The summed E-state index contributed by atoms with van der Waals surface area (Å²) in [5.41, 5.74) is 7.12. The third-order valence-corrected chi connectivity index (χ3v) is 4.56. The lowest BCUT2D eigenvalue weighted by atomic mass is 10.0. The van der Waals surface area contributed by atoms with Crippen molar-refractivity contribution in [1.29, 1.82) is 0 Å². The van der Waals surface area contributed by atoms with Gasteiger partial charge < -0.3 is 0 Å². The molecule has 4 aromatic rings. The zero-order valence-electron chi connectivity index (χ0n) is 13.9. The third-order valence-electron chi connectivity index (χ3n) is 4.56. The van der Waals surface area contributed by atoms with Crippen LogP contribution in [0.1, 0.15) is 5.56 Å². The molecule has 0 bridgehead atoms. The van der Waals surface area contributed by atoms with E-state index in [0.717, 1.165) is 11.3 Å². The molecule has 0 saturated heterocycles. The van der Waals surface area contributed by atoms with E-state index in [-0.39, 0.29) is 0 Å². The van der Waals surface area contributed by atoms with Crippen LogP contribution < -0.4 is 4.57 Å². The van der Waals surface area contributed by atoms with E-state index < -0.39 is 0 Å². The maximum Gasteiger partial charge on any atom is 0.213 e. The van der Waals surface area contributed by atoms with E-state index in [4.69, 9.17) is 0 Å². The number of hydrogen-bond acceptors (Lipinski definition) is 1. The van der Waals surface area contributed by atoms with Crippen LogP contribution in [-0.4, -0.2) is 4.98 Å². The standard InChI is InChI=1S/C22H19N2/c1-16-7-3-4-8-19(16)21-13-12-17-10-11-18(15-22(17)24(21)2)20-9-5-6-14-23-20/h3-15H,1-2H3/q+1. The highest BCUT2D eigenvalue weighted by atomic mass is 14.9. The zero-order valence-corrected chi connectivity index (χ0v) is 13.9. The predicted octanol–water partition coefficient (Wildman–Crippen LogP) is 4.70. The molecule has 2 nitrogen and oxygen atoms in total. The molecule has 0 spiro atoms. The molecule has 24 heavy (non-hydrogen) atoms. The van der Waals surface area contributed by atoms with Gasteiger partial charge in [0.05, 0.1) is 5.69 Å². The molecule has 2 heterocycles. The van der Waals surface area contributed by atoms with Crippen LogP contribution in [0.15, 0.2) is 79.0 Å². The van der Waals surface area contributed by atoms with E-state index >= 15 is 0 Å². The van der Waals surface area contributed by atoms with E-state index in [2.05, 4.69) is 78.1 Å². The van der Waals surface area contributed by atoms with E-state index in [9.17, 15) is 0 Å². The molecule has 0 aliphatic rings. The number of rotatable bonds is 2. The topological polar surface area (TPSA) is 16.8 Å². The lowest BCUT2D eigenvalue weighted by molar-refractivity contribution is -0.633. The molecule has 0 N–H and O–H groups in total. The molecule has 0 aliphatic carbocycles. The minimum Gasteiger partial charge on any atom is -0.256 e. The predicted molar refractivity (Wildman–Crippen MR) is 98.5 cm³/mol. The van der Waals surface area contributed by atoms with Gasteiger partial charge in [0, 0.05) is 34.8 Å². The number of aryl methyl sites for hydroxylation is 2. The molecule has 2 aromatic heterocycles. The van der Waals surface area contributed by atoms with Crippen molar-refractivity contribution >= 4 is 10.9 Å². The van der Waals surface area contributed by atoms with Gasteiger partial charge in [-0.2, -0.15) is 4.57 Å². The Morgan fingerprint density at radius 2 is 1.62 bits per heavy atom. The molecule has 0 fully saturated rings. The first-order valence-electron chi connectivity index (χ1n) is 8.14. The van der Waals surface area contributed by atoms with Crippen LogP contribution in [-0.2, 0) is 7.05 Å². The van der Waals surface area contributed by atoms with Crippen molar-refractivity contribution < 1.29 is 4.57 Å². The van der Waals surface area contributed by atoms with Gasteiger partial charge >= 0.3 is 0 Å². The molecular formula is C22H19N2+. The third kappa shape index (κ3) is 2.46. The fourth-order valence-electron chi connectivity index (χ4n) is 3.21. The fraction of sp³-hybridized carbons (Fsp3) is 0.0909. The Bertz CT molecular complexity index is 1020. The fourth-order valence-corrected chi connectivity index (χ4v) is 3.21. The summed E-state index contributed by atoms with van der Waals surface area (Å²) < 4.78 is 2.27. The summed E-state index contributed by atoms with van der Waals surface area (Å²) in [4.78, 5) is 4.47. The Kier molecular flexibility index (Phi) is 3.58. The second kappa shape index (κ2) is 5.89. The minimum absolute atomic E-state index is 1.00. The molecule has 0 atom stereocenters. The van der Waals surface area contributed by atoms with Crippen molar-refractivity contribution in [3.63, 3.8) is 0 Å². The highest BCUT2D eigenvalue weighted by Gasteiger charge is 2.16. The van der Waals surface area contributed by atoms with E-state index in [1.165, 1.54) is 27.7 Å². The number of fused-ring (bicyclic) bond motifs is 1. The second-order valence-corrected chi connectivity index (χ2v) is 6.08. The van der Waals surface area contributed by atoms with Gasteiger partial charge in [-0.15, -0.1) is 0 Å². The lowest BCUT2D eigenvalue weighted by Crippen LogP contribution is -2.32. The van der Waals surface area contributed by atoms with Crippen LogP contribution >= 0.6 is 0 Å². The van der Waals surface area contributed by atoms with Crippen molar-refractivity contribution in [1.82, 2.24) is 4.98 Å². The Labute approximate surface area is 142 Å². The Balaban J connectivity index is 1.93. The van der Waals surface area contributed by atoms with Gasteiger partial charge in [0.2, 0.25) is 11.2 Å². The van der Waals surface area contributed by atoms with Crippen molar-refractivity contribution in [2.24, 2.45) is 7.05 Å². The Morgan fingerprint density at radius 1 is 0.833 bits per heavy atom. The van der Waals surface area contributed by atoms with Crippen LogP contribution in [0.3, 0.4) is 0 Å². The van der Waals surface area contributed by atoms with Crippen molar-refractivity contribution in [2.45, 2.75) is 6.92 Å². The minimum atomic E-state index is 1.00. The van der Waals surface area contributed by atoms with Gasteiger partial charge in [0.25, 0.3) is 0 Å². The quantitative estimate of drug-likeness (QED) is 0.490. The van der Waals surface area contributed by atoms with Crippen molar-refractivity contribution in [3.05, 3.63) is 84.6 Å². The van der Waals surface area contributed by atoms with Gasteiger partial charge in [0.1, 0.15) is 7.05 Å². The van der Waals surface area contributed by atoms with E-state index in [1.54, 1.807) is 0 Å². The lowest BCUT2D eigenvalue weighted by Gasteiger charge is -2.07. The molecule has 116 valence electrons. The first kappa shape index (κ1) is 14.6. The van der Waals surface area contributed by atoms with Crippen LogP contribution in [0.4, 0.5) is 0 Å². The Morgan fingerprint density at radius 3 is 2.42 bits per heavy atom. The first-order chi connectivity index (χ1) is 11.7. The normalized spacial score (nSPS) is 10.9. The van der Waals surface area contributed by atoms with Crippen LogP contribution in [0, 0.1) is 6.92 Å². The van der Waals surface area contributed by atoms with Crippen molar-refractivity contribution in [3.8, 4) is 22.5 Å². The summed E-state index contributed by atoms with van der Waals surface area (Å²) in [5.74, 6) is 0. The average Bonchev–Trinajstić information content (AvgIpc) is 2.63. The Hall–Kier alpha value is -3.00. The van der Waals surface area contributed by atoms with Crippen molar-refractivity contribution in [2.75, 3.05) is 0 Å². The maximum atomic E-state index is 4.47. The monoisotopic (exact) mass is 311 g/mol. The molecule has 0 amide bonds. The van der Waals surface area contributed by atoms with Crippen LogP contribution in [0.25, 0.3) is 33.4 Å². The van der Waals surface area contributed by atoms with Crippen LogP contribution in [0.5, 0.6) is 0 Å². The number of hydrogen-bond donors (Lipinski definition) is 0. The van der Waals surface area contributed by atoms with Crippen LogP contribution in [0.2, 0.25) is 0 Å². The first-order valence-corrected chi connectivity index (χ1v) is 8.14. The summed E-state index contributed by atoms with van der Waals surface area (Å²) in [6.07, 6.45) is 1.84. The highest BCUT2D eigenvalue weighted by molar-refractivity contribution is 5.82. The molecule has 0 aliphatic heterocycles. The molecule has 2 heteroatoms. The smallest absolute Gasteiger partial charge is 0.213 e. The molecular weight excluding hydrogens is 292 g/mol. The SMILES string of the molecule is Cc1ccccc1-c1ccc2ccc(-c3ccccn3)cc2[n+]1C. The summed E-state index contributed by atoms with van der Waals surface area (Å²) in [7, 11) is 2.13. The summed E-state index contributed by atoms with van der Waals surface area (Å²) in [6, 6.07) is 25.4. The molecule has 2 aromatic carbocycles. The van der Waals surface area contributed by atoms with E-state index in [0.29, 0.717) is 0 Å². The summed E-state index contributed by atoms with van der Waals surface area (Å²) >= 11 is 0. The molecule has 0 saturated carbocycles. The number of aromatic nitrogens is 2. The summed E-state index contributed by atoms with van der Waals surface area (Å²) in [6.45, 7) is 2.16. The highest BCUT2D eigenvalue weighted by Crippen LogP contribution is 2.25. The van der Waals surface area contributed by atoms with Gasteiger partial charge in [0.15, 0.2) is 0 Å². The molecule has 0 radical (unpaired) electrons. The maximum absolute atomic E-state index is 4.47. The zero-order chi connectivity index (χ0) is 16.5. The van der Waals surface area contributed by atoms with Gasteiger partial charge in [-0.25, -0.2) is 0 Å².